The largest absolute Gasteiger partial charge is 0.508 e. The minimum atomic E-state index is -0.269. The Morgan fingerprint density at radius 1 is 1.09 bits per heavy atom. The van der Waals surface area contributed by atoms with E-state index in [1.54, 1.807) is 22.4 Å². The minimum absolute atomic E-state index is 0.156. The lowest BCUT2D eigenvalue weighted by atomic mass is 9.97. The Hall–Kier alpha value is -3.63. The third-order valence-corrected chi connectivity index (χ3v) is 6.99. The summed E-state index contributed by atoms with van der Waals surface area (Å²) in [4.78, 5) is 31.5. The molecule has 2 heterocycles. The van der Waals surface area contributed by atoms with E-state index in [1.165, 1.54) is 11.3 Å². The highest BCUT2D eigenvalue weighted by Crippen LogP contribution is 2.31. The summed E-state index contributed by atoms with van der Waals surface area (Å²) < 4.78 is 0. The van der Waals surface area contributed by atoms with Crippen molar-refractivity contribution in [2.45, 2.75) is 32.6 Å². The molecule has 7 heteroatoms. The number of carbonyl (C=O) groups excluding carboxylic acids is 2. The van der Waals surface area contributed by atoms with Crippen LogP contribution in [0.25, 0.3) is 0 Å². The number of phenols is 1. The SMILES string of the molecule is Cc1c(O)ccc(NC(=O)c2csc(C3CCN(C(=O)C#Cc4ccccc4)CC3)n2)c1C. The monoisotopic (exact) mass is 459 g/mol. The van der Waals surface area contributed by atoms with Crippen LogP contribution in [-0.2, 0) is 4.79 Å². The molecule has 0 atom stereocenters. The van der Waals surface area contributed by atoms with Crippen molar-refractivity contribution < 1.29 is 14.7 Å². The van der Waals surface area contributed by atoms with Crippen molar-refractivity contribution in [3.63, 3.8) is 0 Å². The van der Waals surface area contributed by atoms with E-state index in [0.29, 0.717) is 24.5 Å². The Kier molecular flexibility index (Phi) is 6.76. The fourth-order valence-electron chi connectivity index (χ4n) is 3.76. The summed E-state index contributed by atoms with van der Waals surface area (Å²) >= 11 is 1.48. The maximum Gasteiger partial charge on any atom is 0.298 e. The topological polar surface area (TPSA) is 82.5 Å². The van der Waals surface area contributed by atoms with Crippen LogP contribution in [0.5, 0.6) is 5.75 Å². The number of carbonyl (C=O) groups is 2. The summed E-state index contributed by atoms with van der Waals surface area (Å²) in [5.74, 6) is 5.66. The van der Waals surface area contributed by atoms with E-state index >= 15 is 0 Å². The van der Waals surface area contributed by atoms with Crippen molar-refractivity contribution in [2.75, 3.05) is 18.4 Å². The number of thiazole rings is 1. The van der Waals surface area contributed by atoms with E-state index in [9.17, 15) is 14.7 Å². The number of hydrogen-bond acceptors (Lipinski definition) is 5. The molecule has 1 aliphatic rings. The summed E-state index contributed by atoms with van der Waals surface area (Å²) in [6.07, 6.45) is 1.59. The third-order valence-electron chi connectivity index (χ3n) is 5.98. The first-order valence-corrected chi connectivity index (χ1v) is 11.7. The molecule has 1 fully saturated rings. The lowest BCUT2D eigenvalue weighted by Gasteiger charge is -2.29. The van der Waals surface area contributed by atoms with Crippen molar-refractivity contribution in [3.05, 3.63) is 75.2 Å². The minimum Gasteiger partial charge on any atom is -0.508 e. The predicted octanol–water partition coefficient (Wildman–Crippen LogP) is 4.48. The Morgan fingerprint density at radius 2 is 1.82 bits per heavy atom. The molecule has 0 saturated carbocycles. The molecule has 1 aromatic heterocycles. The van der Waals surface area contributed by atoms with Gasteiger partial charge in [-0.2, -0.15) is 0 Å². The lowest BCUT2D eigenvalue weighted by Crippen LogP contribution is -2.37. The molecule has 2 amide bonds. The van der Waals surface area contributed by atoms with Crippen LogP contribution < -0.4 is 5.32 Å². The second kappa shape index (κ2) is 9.88. The number of amides is 2. The zero-order valence-corrected chi connectivity index (χ0v) is 19.4. The number of hydrogen-bond donors (Lipinski definition) is 2. The highest BCUT2D eigenvalue weighted by molar-refractivity contribution is 7.10. The molecule has 0 unspecified atom stereocenters. The highest BCUT2D eigenvalue weighted by atomic mass is 32.1. The molecule has 4 rings (SSSR count). The van der Waals surface area contributed by atoms with Crippen molar-refractivity contribution >= 4 is 28.8 Å². The number of anilines is 1. The van der Waals surface area contributed by atoms with E-state index in [-0.39, 0.29) is 23.5 Å². The van der Waals surface area contributed by atoms with Crippen LogP contribution in [0.3, 0.4) is 0 Å². The molecular formula is C26H25N3O3S. The highest BCUT2D eigenvalue weighted by Gasteiger charge is 2.26. The standard InChI is InChI=1S/C26H25N3O3S/c1-17-18(2)23(30)10-9-21(17)27-25(32)22-16-33-26(28-22)20-12-14-29(15-13-20)24(31)11-8-19-6-4-3-5-7-19/h3-7,9-10,16,20,30H,12-15H2,1-2H3,(H,27,32). The molecule has 168 valence electrons. The Bertz CT molecular complexity index is 1230. The lowest BCUT2D eigenvalue weighted by molar-refractivity contribution is -0.126. The molecule has 33 heavy (non-hydrogen) atoms. The van der Waals surface area contributed by atoms with Gasteiger partial charge in [0.1, 0.15) is 11.4 Å². The van der Waals surface area contributed by atoms with Crippen molar-refractivity contribution in [1.82, 2.24) is 9.88 Å². The molecule has 3 aromatic rings. The van der Waals surface area contributed by atoms with E-state index < -0.39 is 0 Å². The van der Waals surface area contributed by atoms with Crippen LogP contribution in [0.1, 0.15) is 50.9 Å². The molecule has 0 aliphatic carbocycles. The molecule has 0 spiro atoms. The number of likely N-dealkylation sites (tertiary alicyclic amines) is 1. The van der Waals surface area contributed by atoms with Gasteiger partial charge in [-0.05, 0) is 62.1 Å². The average molecular weight is 460 g/mol. The van der Waals surface area contributed by atoms with Gasteiger partial charge < -0.3 is 15.3 Å². The van der Waals surface area contributed by atoms with Crippen LogP contribution in [-0.4, -0.2) is 39.9 Å². The smallest absolute Gasteiger partial charge is 0.298 e. The molecule has 2 N–H and O–H groups in total. The van der Waals surface area contributed by atoms with Gasteiger partial charge in [0.25, 0.3) is 11.8 Å². The van der Waals surface area contributed by atoms with Crippen LogP contribution in [0.2, 0.25) is 0 Å². The number of nitrogens with zero attached hydrogens (tertiary/aromatic N) is 2. The maximum atomic E-state index is 12.7. The fraction of sp³-hybridized carbons (Fsp3) is 0.269. The summed E-state index contributed by atoms with van der Waals surface area (Å²) in [5.41, 5.74) is 3.43. The molecule has 1 saturated heterocycles. The van der Waals surface area contributed by atoms with Crippen molar-refractivity contribution in [3.8, 4) is 17.6 Å². The number of phenolic OH excluding ortho intramolecular Hbond substituents is 1. The fourth-order valence-corrected chi connectivity index (χ4v) is 4.73. The summed E-state index contributed by atoms with van der Waals surface area (Å²) in [7, 11) is 0. The van der Waals surface area contributed by atoms with Crippen LogP contribution in [0, 0.1) is 25.7 Å². The van der Waals surface area contributed by atoms with Gasteiger partial charge in [-0.3, -0.25) is 9.59 Å². The van der Waals surface area contributed by atoms with Gasteiger partial charge in [0.15, 0.2) is 0 Å². The molecule has 0 bridgehead atoms. The number of nitrogens with one attached hydrogen (secondary N) is 1. The Balaban J connectivity index is 1.34. The summed E-state index contributed by atoms with van der Waals surface area (Å²) in [6, 6.07) is 12.7. The Morgan fingerprint density at radius 3 is 2.55 bits per heavy atom. The maximum absolute atomic E-state index is 12.7. The molecule has 1 aliphatic heterocycles. The zero-order valence-electron chi connectivity index (χ0n) is 18.6. The van der Waals surface area contributed by atoms with Gasteiger partial charge in [-0.1, -0.05) is 24.1 Å². The van der Waals surface area contributed by atoms with Crippen LogP contribution in [0.4, 0.5) is 5.69 Å². The van der Waals surface area contributed by atoms with Crippen LogP contribution in [0.15, 0.2) is 47.8 Å². The molecule has 2 aromatic carbocycles. The zero-order chi connectivity index (χ0) is 23.4. The second-order valence-corrected chi connectivity index (χ2v) is 8.98. The van der Waals surface area contributed by atoms with E-state index in [1.807, 2.05) is 44.2 Å². The van der Waals surface area contributed by atoms with E-state index in [0.717, 1.165) is 34.5 Å². The third kappa shape index (κ3) is 5.24. The number of aromatic hydroxyl groups is 1. The van der Waals surface area contributed by atoms with Crippen LogP contribution >= 0.6 is 11.3 Å². The van der Waals surface area contributed by atoms with Crippen molar-refractivity contribution in [1.29, 1.82) is 0 Å². The number of aromatic nitrogens is 1. The summed E-state index contributed by atoms with van der Waals surface area (Å²) in [6.45, 7) is 4.92. The quantitative estimate of drug-likeness (QED) is 0.447. The van der Waals surface area contributed by atoms with Gasteiger partial charge in [0.2, 0.25) is 0 Å². The average Bonchev–Trinajstić information content (AvgIpc) is 3.34. The Labute approximate surface area is 197 Å². The van der Waals surface area contributed by atoms with Crippen molar-refractivity contribution in [2.24, 2.45) is 0 Å². The number of benzene rings is 2. The van der Waals surface area contributed by atoms with Gasteiger partial charge >= 0.3 is 0 Å². The number of piperidine rings is 1. The molecule has 6 nitrogen and oxygen atoms in total. The first-order chi connectivity index (χ1) is 15.9. The van der Waals surface area contributed by atoms with Gasteiger partial charge in [0, 0.05) is 41.6 Å². The molecule has 0 radical (unpaired) electrons. The molecular weight excluding hydrogens is 434 g/mol. The first kappa shape index (κ1) is 22.6. The predicted molar refractivity (Wildman–Crippen MR) is 130 cm³/mol. The van der Waals surface area contributed by atoms with E-state index in [2.05, 4.69) is 22.1 Å². The first-order valence-electron chi connectivity index (χ1n) is 10.8. The summed E-state index contributed by atoms with van der Waals surface area (Å²) in [5, 5.41) is 15.4. The normalized spacial score (nSPS) is 13.8. The number of rotatable bonds is 3. The van der Waals surface area contributed by atoms with Gasteiger partial charge in [-0.15, -0.1) is 11.3 Å². The second-order valence-electron chi connectivity index (χ2n) is 8.09. The van der Waals surface area contributed by atoms with E-state index in [4.69, 9.17) is 0 Å². The van der Waals surface area contributed by atoms with Gasteiger partial charge in [0.05, 0.1) is 5.01 Å². The van der Waals surface area contributed by atoms with Gasteiger partial charge in [-0.25, -0.2) is 4.98 Å².